The van der Waals surface area contributed by atoms with E-state index in [2.05, 4.69) is 5.10 Å². The average molecular weight is 273 g/mol. The van der Waals surface area contributed by atoms with Crippen molar-refractivity contribution in [2.75, 3.05) is 19.8 Å². The number of nitrogen functional groups attached to an aromatic ring is 1. The van der Waals surface area contributed by atoms with Gasteiger partial charge in [0.2, 0.25) is 0 Å². The summed E-state index contributed by atoms with van der Waals surface area (Å²) in [5.74, 6) is -0.815. The van der Waals surface area contributed by atoms with Gasteiger partial charge in [-0.05, 0) is 24.3 Å². The first kappa shape index (κ1) is 13.6. The number of benzene rings is 1. The number of hydrogen-bond donors (Lipinski definition) is 2. The van der Waals surface area contributed by atoms with Crippen molar-refractivity contribution in [3.8, 4) is 5.69 Å². The van der Waals surface area contributed by atoms with Crippen LogP contribution in [0.1, 0.15) is 20.8 Å². The van der Waals surface area contributed by atoms with Gasteiger partial charge < -0.3 is 16.4 Å². The molecule has 0 unspecified atom stereocenters. The van der Waals surface area contributed by atoms with Crippen LogP contribution in [-0.2, 0) is 0 Å². The second-order valence-electron chi connectivity index (χ2n) is 4.49. The molecule has 7 heteroatoms. The zero-order chi connectivity index (χ0) is 14.9. The van der Waals surface area contributed by atoms with Gasteiger partial charge in [-0.25, -0.2) is 4.68 Å². The molecule has 20 heavy (non-hydrogen) atoms. The lowest BCUT2D eigenvalue weighted by Crippen LogP contribution is -2.23. The molecule has 0 radical (unpaired) electrons. The molecule has 0 fully saturated rings. The summed E-state index contributed by atoms with van der Waals surface area (Å²) in [6.07, 6.45) is 1.56. The maximum atomic E-state index is 12.1. The van der Waals surface area contributed by atoms with E-state index in [1.807, 2.05) is 0 Å². The van der Waals surface area contributed by atoms with Crippen LogP contribution in [-0.4, -0.2) is 40.6 Å². The van der Waals surface area contributed by atoms with Gasteiger partial charge in [-0.1, -0.05) is 0 Å². The Balaban J connectivity index is 2.56. The van der Waals surface area contributed by atoms with Crippen molar-refractivity contribution in [3.63, 3.8) is 0 Å². The molecule has 1 aromatic heterocycles. The molecule has 2 aromatic rings. The molecule has 0 aliphatic heterocycles. The molecule has 1 aromatic carbocycles. The van der Waals surface area contributed by atoms with Crippen molar-refractivity contribution in [1.82, 2.24) is 14.7 Å². The van der Waals surface area contributed by atoms with Crippen molar-refractivity contribution < 1.29 is 9.59 Å². The van der Waals surface area contributed by atoms with Gasteiger partial charge in [0.25, 0.3) is 11.8 Å². The number of carbonyl (C=O) groups is 2. The third-order valence-corrected chi connectivity index (χ3v) is 2.75. The Hall–Kier alpha value is -2.83. The van der Waals surface area contributed by atoms with Gasteiger partial charge in [-0.15, -0.1) is 0 Å². The highest BCUT2D eigenvalue weighted by atomic mass is 16.2. The van der Waals surface area contributed by atoms with Crippen LogP contribution in [0.25, 0.3) is 5.69 Å². The summed E-state index contributed by atoms with van der Waals surface area (Å²) in [5, 5.41) is 4.04. The molecule has 0 aliphatic carbocycles. The SMILES string of the molecule is CN(C)C(=O)c1ccc(N)cc1-n1ccc(C(N)=O)n1. The Labute approximate surface area is 115 Å². The molecule has 7 nitrogen and oxygen atoms in total. The fourth-order valence-electron chi connectivity index (χ4n) is 1.75. The van der Waals surface area contributed by atoms with E-state index in [1.54, 1.807) is 38.5 Å². The summed E-state index contributed by atoms with van der Waals surface area (Å²) in [7, 11) is 3.31. The van der Waals surface area contributed by atoms with Crippen molar-refractivity contribution in [3.05, 3.63) is 41.7 Å². The lowest BCUT2D eigenvalue weighted by atomic mass is 10.1. The molecule has 2 rings (SSSR count). The maximum absolute atomic E-state index is 12.1. The van der Waals surface area contributed by atoms with Crippen LogP contribution >= 0.6 is 0 Å². The Morgan fingerprint density at radius 1 is 1.25 bits per heavy atom. The largest absolute Gasteiger partial charge is 0.399 e. The van der Waals surface area contributed by atoms with Gasteiger partial charge in [0, 0.05) is 26.0 Å². The molecule has 0 spiro atoms. The summed E-state index contributed by atoms with van der Waals surface area (Å²) in [5.41, 5.74) is 12.5. The maximum Gasteiger partial charge on any atom is 0.269 e. The zero-order valence-corrected chi connectivity index (χ0v) is 11.2. The van der Waals surface area contributed by atoms with Gasteiger partial charge >= 0.3 is 0 Å². The van der Waals surface area contributed by atoms with Gasteiger partial charge in [-0.2, -0.15) is 5.10 Å². The Bertz CT molecular complexity index is 675. The van der Waals surface area contributed by atoms with Crippen LogP contribution in [0, 0.1) is 0 Å². The minimum absolute atomic E-state index is 0.121. The molecule has 0 aliphatic rings. The lowest BCUT2D eigenvalue weighted by Gasteiger charge is -2.14. The molecule has 0 saturated carbocycles. The van der Waals surface area contributed by atoms with Crippen molar-refractivity contribution in [1.29, 1.82) is 0 Å². The van der Waals surface area contributed by atoms with E-state index in [4.69, 9.17) is 11.5 Å². The third-order valence-electron chi connectivity index (χ3n) is 2.75. The topological polar surface area (TPSA) is 107 Å². The first-order valence-corrected chi connectivity index (χ1v) is 5.87. The predicted octanol–water partition coefficient (Wildman–Crippen LogP) is 0.255. The Kier molecular flexibility index (Phi) is 3.43. The highest BCUT2D eigenvalue weighted by Gasteiger charge is 2.16. The average Bonchev–Trinajstić information content (AvgIpc) is 2.87. The monoisotopic (exact) mass is 273 g/mol. The number of nitrogens with zero attached hydrogens (tertiary/aromatic N) is 3. The number of aromatic nitrogens is 2. The molecular formula is C13H15N5O2. The number of amides is 2. The van der Waals surface area contributed by atoms with E-state index in [1.165, 1.54) is 15.6 Å². The number of anilines is 1. The molecule has 104 valence electrons. The standard InChI is InChI=1S/C13H15N5O2/c1-17(2)13(20)9-4-3-8(14)7-11(9)18-6-5-10(16-18)12(15)19/h3-7H,14H2,1-2H3,(H2,15,19). The number of hydrogen-bond acceptors (Lipinski definition) is 4. The minimum atomic E-state index is -0.631. The van der Waals surface area contributed by atoms with Gasteiger partial charge in [0.15, 0.2) is 0 Å². The van der Waals surface area contributed by atoms with Crippen molar-refractivity contribution in [2.45, 2.75) is 0 Å². The fraction of sp³-hybridized carbons (Fsp3) is 0.154. The van der Waals surface area contributed by atoms with Crippen LogP contribution in [0.3, 0.4) is 0 Å². The summed E-state index contributed by atoms with van der Waals surface area (Å²) in [6.45, 7) is 0. The Morgan fingerprint density at radius 3 is 2.50 bits per heavy atom. The highest BCUT2D eigenvalue weighted by molar-refractivity contribution is 5.98. The van der Waals surface area contributed by atoms with Crippen molar-refractivity contribution in [2.24, 2.45) is 5.73 Å². The van der Waals surface area contributed by atoms with Crippen LogP contribution in [0.15, 0.2) is 30.5 Å². The van der Waals surface area contributed by atoms with Crippen LogP contribution in [0.2, 0.25) is 0 Å². The van der Waals surface area contributed by atoms with Crippen LogP contribution in [0.5, 0.6) is 0 Å². The minimum Gasteiger partial charge on any atom is -0.399 e. The van der Waals surface area contributed by atoms with E-state index in [0.717, 1.165) is 0 Å². The molecular weight excluding hydrogens is 258 g/mol. The molecule has 1 heterocycles. The third kappa shape index (κ3) is 2.46. The summed E-state index contributed by atoms with van der Waals surface area (Å²) in [6, 6.07) is 6.36. The van der Waals surface area contributed by atoms with E-state index in [0.29, 0.717) is 16.9 Å². The molecule has 0 saturated heterocycles. The van der Waals surface area contributed by atoms with Crippen LogP contribution < -0.4 is 11.5 Å². The molecule has 0 bridgehead atoms. The normalized spacial score (nSPS) is 10.3. The zero-order valence-electron chi connectivity index (χ0n) is 11.2. The summed E-state index contributed by atoms with van der Waals surface area (Å²) in [4.78, 5) is 24.7. The van der Waals surface area contributed by atoms with E-state index in [-0.39, 0.29) is 11.6 Å². The van der Waals surface area contributed by atoms with E-state index < -0.39 is 5.91 Å². The summed E-state index contributed by atoms with van der Waals surface area (Å²) < 4.78 is 1.41. The molecule has 4 N–H and O–H groups in total. The highest BCUT2D eigenvalue weighted by Crippen LogP contribution is 2.19. The van der Waals surface area contributed by atoms with Gasteiger partial charge in [0.05, 0.1) is 11.3 Å². The summed E-state index contributed by atoms with van der Waals surface area (Å²) >= 11 is 0. The van der Waals surface area contributed by atoms with E-state index in [9.17, 15) is 9.59 Å². The smallest absolute Gasteiger partial charge is 0.269 e. The number of primary amides is 1. The first-order valence-electron chi connectivity index (χ1n) is 5.87. The molecule has 2 amide bonds. The number of nitrogens with two attached hydrogens (primary N) is 2. The quantitative estimate of drug-likeness (QED) is 0.782. The second kappa shape index (κ2) is 5.04. The lowest BCUT2D eigenvalue weighted by molar-refractivity contribution is 0.0827. The first-order chi connectivity index (χ1) is 9.40. The van der Waals surface area contributed by atoms with Crippen LogP contribution in [0.4, 0.5) is 5.69 Å². The number of carbonyl (C=O) groups excluding carboxylic acids is 2. The van der Waals surface area contributed by atoms with Crippen molar-refractivity contribution >= 4 is 17.5 Å². The van der Waals surface area contributed by atoms with Gasteiger partial charge in [-0.3, -0.25) is 9.59 Å². The van der Waals surface area contributed by atoms with Gasteiger partial charge in [0.1, 0.15) is 5.69 Å². The Morgan fingerprint density at radius 2 is 1.95 bits per heavy atom. The second-order valence-corrected chi connectivity index (χ2v) is 4.49. The predicted molar refractivity (Wildman–Crippen MR) is 74.5 cm³/mol. The molecule has 0 atom stereocenters. The number of rotatable bonds is 3. The fourth-order valence-corrected chi connectivity index (χ4v) is 1.75. The van der Waals surface area contributed by atoms with E-state index >= 15 is 0 Å².